The average Bonchev–Trinajstić information content (AvgIpc) is 2.54. The van der Waals surface area contributed by atoms with Gasteiger partial charge in [-0.2, -0.15) is 0 Å². The molecule has 0 fully saturated rings. The number of para-hydroxylation sites is 1. The maximum Gasteiger partial charge on any atom is 0.122 e. The van der Waals surface area contributed by atoms with E-state index >= 15 is 0 Å². The topological polar surface area (TPSA) is 21.3 Å². The fourth-order valence-corrected chi connectivity index (χ4v) is 3.76. The van der Waals surface area contributed by atoms with Gasteiger partial charge in [0.05, 0.1) is 6.61 Å². The first-order valence-corrected chi connectivity index (χ1v) is 8.43. The van der Waals surface area contributed by atoms with Crippen molar-refractivity contribution in [3.05, 3.63) is 59.7 Å². The summed E-state index contributed by atoms with van der Waals surface area (Å²) in [6.07, 6.45) is 1.11. The second-order valence-electron chi connectivity index (χ2n) is 5.36. The van der Waals surface area contributed by atoms with E-state index in [1.807, 2.05) is 18.8 Å². The Morgan fingerprint density at radius 1 is 1.14 bits per heavy atom. The smallest absolute Gasteiger partial charge is 0.122 e. The molecule has 0 saturated heterocycles. The summed E-state index contributed by atoms with van der Waals surface area (Å²) in [5.41, 5.74) is 2.70. The fraction of sp³-hybridized carbons (Fsp3) is 0.333. The molecule has 0 aromatic heterocycles. The highest BCUT2D eigenvalue weighted by molar-refractivity contribution is 7.99. The molecule has 3 heteroatoms. The Hall–Kier alpha value is -1.45. The van der Waals surface area contributed by atoms with E-state index in [-0.39, 0.29) is 0 Å². The highest BCUT2D eigenvalue weighted by Gasteiger charge is 2.20. The minimum absolute atomic E-state index is 0.594. The van der Waals surface area contributed by atoms with Crippen molar-refractivity contribution < 1.29 is 4.74 Å². The molecule has 0 bridgehead atoms. The van der Waals surface area contributed by atoms with Crippen LogP contribution in [0.2, 0.25) is 0 Å². The van der Waals surface area contributed by atoms with E-state index < -0.39 is 0 Å². The molecule has 2 aromatic rings. The largest absolute Gasteiger partial charge is 0.493 e. The summed E-state index contributed by atoms with van der Waals surface area (Å²) in [4.78, 5) is 1.35. The van der Waals surface area contributed by atoms with Crippen LogP contribution in [0.25, 0.3) is 0 Å². The lowest BCUT2D eigenvalue weighted by atomic mass is 9.95. The van der Waals surface area contributed by atoms with Gasteiger partial charge >= 0.3 is 0 Å². The summed E-state index contributed by atoms with van der Waals surface area (Å²) in [6, 6.07) is 17.3. The summed E-state index contributed by atoms with van der Waals surface area (Å²) < 4.78 is 5.73. The lowest BCUT2D eigenvalue weighted by Crippen LogP contribution is -2.15. The van der Waals surface area contributed by atoms with Gasteiger partial charge in [-0.3, -0.25) is 0 Å². The molecule has 1 atom stereocenters. The summed E-state index contributed by atoms with van der Waals surface area (Å²) >= 11 is 1.94. The third-order valence-corrected chi connectivity index (χ3v) is 5.01. The molecule has 110 valence electrons. The number of thioether (sulfide) groups is 1. The minimum Gasteiger partial charge on any atom is -0.493 e. The van der Waals surface area contributed by atoms with E-state index in [1.165, 1.54) is 16.0 Å². The van der Waals surface area contributed by atoms with Crippen LogP contribution in [0.4, 0.5) is 0 Å². The Labute approximate surface area is 130 Å². The zero-order valence-corrected chi connectivity index (χ0v) is 13.2. The Balaban J connectivity index is 1.63. The molecule has 1 heterocycles. The van der Waals surface area contributed by atoms with E-state index in [4.69, 9.17) is 4.74 Å². The number of benzene rings is 2. The molecule has 0 spiro atoms. The minimum atomic E-state index is 0.594. The van der Waals surface area contributed by atoms with Gasteiger partial charge in [-0.1, -0.05) is 30.3 Å². The second-order valence-corrected chi connectivity index (χ2v) is 6.45. The third-order valence-electron chi connectivity index (χ3n) is 3.84. The number of rotatable bonds is 5. The number of ether oxygens (including phenoxy) is 1. The molecule has 21 heavy (non-hydrogen) atoms. The summed E-state index contributed by atoms with van der Waals surface area (Å²) in [6.45, 7) is 1.77. The van der Waals surface area contributed by atoms with Crippen molar-refractivity contribution in [3.63, 3.8) is 0 Å². The Kier molecular flexibility index (Phi) is 4.84. The molecule has 3 rings (SSSR count). The molecule has 0 aliphatic carbocycles. The van der Waals surface area contributed by atoms with Gasteiger partial charge < -0.3 is 10.1 Å². The van der Waals surface area contributed by atoms with Crippen LogP contribution in [-0.2, 0) is 6.54 Å². The first-order valence-electron chi connectivity index (χ1n) is 7.45. The van der Waals surface area contributed by atoms with Crippen molar-refractivity contribution in [2.75, 3.05) is 19.4 Å². The molecule has 1 aliphatic rings. The maximum atomic E-state index is 5.73. The Bertz CT molecular complexity index is 582. The van der Waals surface area contributed by atoms with Crippen LogP contribution >= 0.6 is 11.8 Å². The number of hydrogen-bond donors (Lipinski definition) is 1. The van der Waals surface area contributed by atoms with Crippen molar-refractivity contribution in [2.24, 2.45) is 0 Å². The zero-order chi connectivity index (χ0) is 14.5. The lowest BCUT2D eigenvalue weighted by molar-refractivity contribution is 0.273. The van der Waals surface area contributed by atoms with Crippen LogP contribution in [0.15, 0.2) is 53.4 Å². The van der Waals surface area contributed by atoms with Crippen molar-refractivity contribution in [3.8, 4) is 5.75 Å². The van der Waals surface area contributed by atoms with Gasteiger partial charge in [0.25, 0.3) is 0 Å². The molecular formula is C18H21NOS. The first-order chi connectivity index (χ1) is 10.4. The van der Waals surface area contributed by atoms with Gasteiger partial charge in [0.2, 0.25) is 0 Å². The molecule has 0 amide bonds. The molecule has 1 aliphatic heterocycles. The van der Waals surface area contributed by atoms with Crippen LogP contribution in [0.5, 0.6) is 5.75 Å². The number of nitrogens with one attached hydrogen (secondary N) is 1. The predicted octanol–water partition coefficient (Wildman–Crippen LogP) is 4.06. The average molecular weight is 299 g/mol. The van der Waals surface area contributed by atoms with E-state index in [2.05, 4.69) is 53.8 Å². The molecule has 0 radical (unpaired) electrons. The quantitative estimate of drug-likeness (QED) is 0.841. The third kappa shape index (κ3) is 3.60. The Morgan fingerprint density at radius 2 is 1.95 bits per heavy atom. The van der Waals surface area contributed by atoms with Gasteiger partial charge in [0, 0.05) is 23.1 Å². The fourth-order valence-electron chi connectivity index (χ4n) is 2.69. The van der Waals surface area contributed by atoms with Crippen LogP contribution in [0, 0.1) is 0 Å². The molecule has 0 saturated carbocycles. The van der Waals surface area contributed by atoms with E-state index in [9.17, 15) is 0 Å². The van der Waals surface area contributed by atoms with Gasteiger partial charge in [-0.05, 0) is 42.8 Å². The summed E-state index contributed by atoms with van der Waals surface area (Å²) in [7, 11) is 1.98. The standard InChI is InChI=1S/C18H21NOS/c1-19-12-14-6-8-16(9-7-14)21-13-15-10-11-20-18-5-3-2-4-17(15)18/h2-9,15,19H,10-13H2,1H3. The number of hydrogen-bond acceptors (Lipinski definition) is 3. The second kappa shape index (κ2) is 7.01. The predicted molar refractivity (Wildman–Crippen MR) is 89.2 cm³/mol. The van der Waals surface area contributed by atoms with E-state index in [0.717, 1.165) is 31.1 Å². The zero-order valence-electron chi connectivity index (χ0n) is 12.3. The SMILES string of the molecule is CNCc1ccc(SCC2CCOc3ccccc32)cc1. The first kappa shape index (κ1) is 14.5. The van der Waals surface area contributed by atoms with Crippen molar-refractivity contribution >= 4 is 11.8 Å². The maximum absolute atomic E-state index is 5.73. The molecule has 2 nitrogen and oxygen atoms in total. The van der Waals surface area contributed by atoms with Crippen molar-refractivity contribution in [2.45, 2.75) is 23.8 Å². The van der Waals surface area contributed by atoms with Gasteiger partial charge in [-0.15, -0.1) is 11.8 Å². The normalized spacial score (nSPS) is 17.1. The van der Waals surface area contributed by atoms with E-state index in [1.54, 1.807) is 0 Å². The van der Waals surface area contributed by atoms with Gasteiger partial charge in [-0.25, -0.2) is 0 Å². The molecular weight excluding hydrogens is 278 g/mol. The van der Waals surface area contributed by atoms with E-state index in [0.29, 0.717) is 5.92 Å². The lowest BCUT2D eigenvalue weighted by Gasteiger charge is -2.25. The van der Waals surface area contributed by atoms with Crippen LogP contribution in [0.3, 0.4) is 0 Å². The monoisotopic (exact) mass is 299 g/mol. The van der Waals surface area contributed by atoms with Crippen LogP contribution in [0.1, 0.15) is 23.5 Å². The molecule has 1 unspecified atom stereocenters. The van der Waals surface area contributed by atoms with Crippen molar-refractivity contribution in [1.82, 2.24) is 5.32 Å². The molecule has 2 aromatic carbocycles. The molecule has 1 N–H and O–H groups in total. The highest BCUT2D eigenvalue weighted by atomic mass is 32.2. The highest BCUT2D eigenvalue weighted by Crippen LogP contribution is 2.36. The van der Waals surface area contributed by atoms with Gasteiger partial charge in [0.1, 0.15) is 5.75 Å². The van der Waals surface area contributed by atoms with Crippen LogP contribution < -0.4 is 10.1 Å². The number of fused-ring (bicyclic) bond motifs is 1. The Morgan fingerprint density at radius 3 is 2.76 bits per heavy atom. The summed E-state index contributed by atoms with van der Waals surface area (Å²) in [5, 5.41) is 3.18. The van der Waals surface area contributed by atoms with Gasteiger partial charge in [0.15, 0.2) is 0 Å². The van der Waals surface area contributed by atoms with Crippen LogP contribution in [-0.4, -0.2) is 19.4 Å². The van der Waals surface area contributed by atoms with Crippen molar-refractivity contribution in [1.29, 1.82) is 0 Å². The summed E-state index contributed by atoms with van der Waals surface area (Å²) in [5.74, 6) is 2.78.